The fraction of sp³-hybridized carbons (Fsp3) is 0.333. The van der Waals surface area contributed by atoms with Crippen molar-refractivity contribution in [1.29, 1.82) is 0 Å². The molecule has 1 saturated heterocycles. The van der Waals surface area contributed by atoms with Gasteiger partial charge in [-0.3, -0.25) is 9.69 Å². The van der Waals surface area contributed by atoms with E-state index in [1.807, 2.05) is 35.2 Å². The Bertz CT molecular complexity index is 1100. The minimum atomic E-state index is 0.159. The van der Waals surface area contributed by atoms with Crippen LogP contribution in [0.5, 0.6) is 0 Å². The molecule has 9 heteroatoms. The van der Waals surface area contributed by atoms with Crippen LogP contribution in [0.3, 0.4) is 0 Å². The van der Waals surface area contributed by atoms with Crippen molar-refractivity contribution in [2.75, 3.05) is 56.4 Å². The van der Waals surface area contributed by atoms with Crippen molar-refractivity contribution in [3.63, 3.8) is 0 Å². The van der Waals surface area contributed by atoms with Crippen LogP contribution in [0, 0.1) is 0 Å². The molecule has 9 nitrogen and oxygen atoms in total. The van der Waals surface area contributed by atoms with E-state index in [1.54, 1.807) is 12.4 Å². The van der Waals surface area contributed by atoms with E-state index in [4.69, 9.17) is 0 Å². The van der Waals surface area contributed by atoms with E-state index in [2.05, 4.69) is 47.9 Å². The molecule has 8 rings (SSSR count). The Kier molecular flexibility index (Phi) is 6.41. The van der Waals surface area contributed by atoms with E-state index in [0.717, 1.165) is 55.5 Å². The Balaban J connectivity index is 1.38. The largest absolute Gasteiger partial charge is 0.369 e. The molecule has 0 radical (unpaired) electrons. The molecule has 7 heterocycles. The molecule has 3 N–H and O–H groups in total. The lowest BCUT2D eigenvalue weighted by atomic mass is 10.1. The van der Waals surface area contributed by atoms with E-state index in [9.17, 15) is 4.79 Å². The number of carbonyl (C=O) groups excluding carboxylic acids is 1. The summed E-state index contributed by atoms with van der Waals surface area (Å²) in [6.45, 7) is 5.84. The third kappa shape index (κ3) is 5.44. The minimum absolute atomic E-state index is 0.159. The number of carbonyl (C=O) groups is 1. The Morgan fingerprint density at radius 3 is 2.70 bits per heavy atom. The zero-order valence-corrected chi connectivity index (χ0v) is 18.5. The van der Waals surface area contributed by atoms with E-state index < -0.39 is 0 Å². The van der Waals surface area contributed by atoms with Gasteiger partial charge < -0.3 is 20.9 Å². The highest BCUT2D eigenvalue weighted by molar-refractivity contribution is 5.78. The van der Waals surface area contributed by atoms with Gasteiger partial charge in [0.2, 0.25) is 11.9 Å². The van der Waals surface area contributed by atoms with Crippen LogP contribution in [0.4, 0.5) is 17.5 Å². The predicted molar refractivity (Wildman–Crippen MR) is 128 cm³/mol. The monoisotopic (exact) mass is 444 g/mol. The van der Waals surface area contributed by atoms with Crippen molar-refractivity contribution < 1.29 is 4.79 Å². The Hall–Kier alpha value is -3.56. The molecule has 0 aliphatic carbocycles. The quantitative estimate of drug-likeness (QED) is 0.484. The number of aromatic nitrogens is 3. The molecule has 1 fully saturated rings. The van der Waals surface area contributed by atoms with Crippen molar-refractivity contribution in [3.05, 3.63) is 60.4 Å². The van der Waals surface area contributed by atoms with Gasteiger partial charge in [-0.05, 0) is 35.9 Å². The second-order valence-electron chi connectivity index (χ2n) is 8.28. The van der Waals surface area contributed by atoms with Gasteiger partial charge in [0.25, 0.3) is 0 Å². The maximum Gasteiger partial charge on any atom is 0.236 e. The fourth-order valence-corrected chi connectivity index (χ4v) is 4.11. The molecule has 3 aromatic rings. The highest BCUT2D eigenvalue weighted by Gasteiger charge is 2.20. The van der Waals surface area contributed by atoms with Gasteiger partial charge in [0.05, 0.1) is 12.2 Å². The van der Waals surface area contributed by atoms with Crippen LogP contribution in [-0.2, 0) is 11.3 Å². The zero-order chi connectivity index (χ0) is 22.5. The normalized spacial score (nSPS) is 17.6. The number of nitrogens with zero attached hydrogens (tertiary/aromatic N) is 5. The first-order valence-electron chi connectivity index (χ1n) is 11.3. The molecule has 8 bridgehead atoms. The number of rotatable bonds is 0. The molecule has 0 saturated carbocycles. The van der Waals surface area contributed by atoms with Gasteiger partial charge in [0, 0.05) is 69.5 Å². The number of hydrogen-bond acceptors (Lipinski definition) is 8. The summed E-state index contributed by atoms with van der Waals surface area (Å²) in [4.78, 5) is 30.4. The Labute approximate surface area is 193 Å². The molecule has 0 atom stereocenters. The summed E-state index contributed by atoms with van der Waals surface area (Å²) in [5, 5.41) is 9.84. The number of anilines is 3. The number of benzene rings is 1. The van der Waals surface area contributed by atoms with Gasteiger partial charge in [-0.2, -0.15) is 0 Å². The van der Waals surface area contributed by atoms with E-state index >= 15 is 0 Å². The molecular weight excluding hydrogens is 416 g/mol. The molecule has 5 aliphatic rings. The summed E-state index contributed by atoms with van der Waals surface area (Å²) < 4.78 is 0. The number of piperazine rings is 1. The van der Waals surface area contributed by atoms with Gasteiger partial charge in [-0.1, -0.05) is 12.1 Å². The van der Waals surface area contributed by atoms with Crippen LogP contribution >= 0.6 is 0 Å². The van der Waals surface area contributed by atoms with Gasteiger partial charge in [0.15, 0.2) is 0 Å². The lowest BCUT2D eigenvalue weighted by molar-refractivity contribution is -0.132. The first kappa shape index (κ1) is 21.3. The summed E-state index contributed by atoms with van der Waals surface area (Å²) in [7, 11) is 0. The van der Waals surface area contributed by atoms with E-state index in [-0.39, 0.29) is 5.91 Å². The lowest BCUT2D eigenvalue weighted by Crippen LogP contribution is -2.50. The SMILES string of the molecule is O=C1CNCCNc2ccc(cn2)-c2ccnc(n2)Nc2cccc(c2)CN2CCN1CC2. The molecule has 1 amide bonds. The summed E-state index contributed by atoms with van der Waals surface area (Å²) in [5.74, 6) is 1.49. The van der Waals surface area contributed by atoms with Crippen LogP contribution in [0.2, 0.25) is 0 Å². The summed E-state index contributed by atoms with van der Waals surface area (Å²) in [6.07, 6.45) is 3.56. The van der Waals surface area contributed by atoms with Crippen LogP contribution in [0.1, 0.15) is 5.56 Å². The fourth-order valence-electron chi connectivity index (χ4n) is 4.11. The van der Waals surface area contributed by atoms with Crippen molar-refractivity contribution in [3.8, 4) is 11.3 Å². The molecule has 5 aliphatic heterocycles. The Morgan fingerprint density at radius 2 is 1.85 bits per heavy atom. The highest BCUT2D eigenvalue weighted by atomic mass is 16.2. The van der Waals surface area contributed by atoms with Crippen molar-refractivity contribution >= 4 is 23.4 Å². The Morgan fingerprint density at radius 1 is 0.939 bits per heavy atom. The number of hydrogen-bond donors (Lipinski definition) is 3. The average molecular weight is 445 g/mol. The van der Waals surface area contributed by atoms with Crippen LogP contribution in [-0.4, -0.2) is 76.5 Å². The molecule has 170 valence electrons. The van der Waals surface area contributed by atoms with Gasteiger partial charge in [0.1, 0.15) is 5.82 Å². The first-order valence-corrected chi connectivity index (χ1v) is 11.3. The maximum atomic E-state index is 12.5. The second-order valence-corrected chi connectivity index (χ2v) is 8.28. The summed E-state index contributed by atoms with van der Waals surface area (Å²) >= 11 is 0. The van der Waals surface area contributed by atoms with Crippen LogP contribution in [0.15, 0.2) is 54.9 Å². The third-order valence-corrected chi connectivity index (χ3v) is 5.91. The zero-order valence-electron chi connectivity index (χ0n) is 18.5. The van der Waals surface area contributed by atoms with Crippen molar-refractivity contribution in [2.24, 2.45) is 0 Å². The van der Waals surface area contributed by atoms with Crippen LogP contribution in [0.25, 0.3) is 11.3 Å². The lowest BCUT2D eigenvalue weighted by Gasteiger charge is -2.35. The molecule has 1 aromatic carbocycles. The molecule has 33 heavy (non-hydrogen) atoms. The average Bonchev–Trinajstić information content (AvgIpc) is 2.84. The van der Waals surface area contributed by atoms with E-state index in [0.29, 0.717) is 25.6 Å². The molecule has 0 spiro atoms. The predicted octanol–water partition coefficient (Wildman–Crippen LogP) is 1.94. The van der Waals surface area contributed by atoms with Crippen LogP contribution < -0.4 is 16.0 Å². The highest BCUT2D eigenvalue weighted by Crippen LogP contribution is 2.21. The number of pyridine rings is 1. The number of amides is 1. The molecule has 0 unspecified atom stereocenters. The minimum Gasteiger partial charge on any atom is -0.369 e. The van der Waals surface area contributed by atoms with Crippen molar-refractivity contribution in [2.45, 2.75) is 6.54 Å². The second kappa shape index (κ2) is 9.93. The third-order valence-electron chi connectivity index (χ3n) is 5.91. The topological polar surface area (TPSA) is 98.3 Å². The summed E-state index contributed by atoms with van der Waals surface area (Å²) in [5.41, 5.74) is 3.89. The van der Waals surface area contributed by atoms with E-state index in [1.165, 1.54) is 5.56 Å². The first-order chi connectivity index (χ1) is 16.2. The van der Waals surface area contributed by atoms with Gasteiger partial charge in [-0.25, -0.2) is 15.0 Å². The summed E-state index contributed by atoms with van der Waals surface area (Å²) in [6, 6.07) is 14.1. The molecule has 2 aromatic heterocycles. The van der Waals surface area contributed by atoms with Crippen molar-refractivity contribution in [1.82, 2.24) is 30.1 Å². The smallest absolute Gasteiger partial charge is 0.236 e. The molecular formula is C24H28N8O. The maximum absolute atomic E-state index is 12.5. The number of nitrogens with one attached hydrogen (secondary N) is 3. The standard InChI is InChI=1S/C24H28N8O/c33-23-16-25-8-9-26-22-5-4-19(15-28-22)21-6-7-27-24(30-21)29-20-3-1-2-18(14-20)17-31-10-12-32(23)13-11-31/h1-7,14-15,25H,8-13,16-17H2,(H,26,28)(H,27,29,30). The van der Waals surface area contributed by atoms with Gasteiger partial charge in [-0.15, -0.1) is 0 Å². The van der Waals surface area contributed by atoms with Gasteiger partial charge >= 0.3 is 0 Å².